The molecule has 0 aromatic carbocycles. The molecule has 0 N–H and O–H groups in total. The van der Waals surface area contributed by atoms with E-state index in [1.807, 2.05) is 23.2 Å². The van der Waals surface area contributed by atoms with Gasteiger partial charge in [-0.3, -0.25) is 14.7 Å². The minimum atomic E-state index is 0.0229. The van der Waals surface area contributed by atoms with Crippen LogP contribution in [0.25, 0.3) is 11.4 Å². The lowest BCUT2D eigenvalue weighted by Crippen LogP contribution is -2.61. The molecule has 29 heavy (non-hydrogen) atoms. The lowest BCUT2D eigenvalue weighted by molar-refractivity contribution is -0.121. The van der Waals surface area contributed by atoms with Crippen LogP contribution in [0, 0.1) is 5.92 Å². The topological polar surface area (TPSA) is 63.9 Å². The first kappa shape index (κ1) is 18.8. The van der Waals surface area contributed by atoms with Gasteiger partial charge in [-0.25, -0.2) is 4.68 Å². The molecule has 2 aliphatic carbocycles. The lowest BCUT2D eigenvalue weighted by Gasteiger charge is -2.55. The van der Waals surface area contributed by atoms with Crippen LogP contribution in [0.2, 0.25) is 0 Å². The summed E-state index contributed by atoms with van der Waals surface area (Å²) in [6.07, 6.45) is 15.9. The maximum Gasteiger partial charge on any atom is 0.231 e. The summed E-state index contributed by atoms with van der Waals surface area (Å²) in [5, 5.41) is 5.05. The van der Waals surface area contributed by atoms with Gasteiger partial charge in [0.25, 0.3) is 0 Å². The summed E-state index contributed by atoms with van der Waals surface area (Å²) in [5.41, 5.74) is 0.945. The fraction of sp³-hybridized carbons (Fsp3) is 0.652. The molecule has 0 bridgehead atoms. The van der Waals surface area contributed by atoms with Gasteiger partial charge in [0.15, 0.2) is 5.82 Å². The summed E-state index contributed by atoms with van der Waals surface area (Å²) in [5.74, 6) is 2.19. The third-order valence-electron chi connectivity index (χ3n) is 7.35. The van der Waals surface area contributed by atoms with Crippen LogP contribution in [0.5, 0.6) is 0 Å². The molecule has 6 nitrogen and oxygen atoms in total. The van der Waals surface area contributed by atoms with Gasteiger partial charge in [0.1, 0.15) is 0 Å². The van der Waals surface area contributed by atoms with Crippen molar-refractivity contribution < 1.29 is 4.79 Å². The molecule has 2 fully saturated rings. The summed E-state index contributed by atoms with van der Waals surface area (Å²) < 4.78 is 2.19. The van der Waals surface area contributed by atoms with Gasteiger partial charge in [0, 0.05) is 36.3 Å². The molecule has 154 valence electrons. The summed E-state index contributed by atoms with van der Waals surface area (Å²) in [7, 11) is 0. The molecule has 1 aliphatic heterocycles. The second-order valence-electron chi connectivity index (χ2n) is 9.03. The van der Waals surface area contributed by atoms with Crippen LogP contribution in [0.3, 0.4) is 0 Å². The molecule has 3 heterocycles. The minimum Gasteiger partial charge on any atom is -0.277 e. The van der Waals surface area contributed by atoms with Gasteiger partial charge in [-0.15, -0.1) is 5.10 Å². The van der Waals surface area contributed by atoms with Crippen LogP contribution < -0.4 is 4.90 Å². The predicted octanol–water partition coefficient (Wildman–Crippen LogP) is 4.71. The number of pyridine rings is 1. The van der Waals surface area contributed by atoms with Crippen molar-refractivity contribution >= 4 is 11.9 Å². The second-order valence-corrected chi connectivity index (χ2v) is 9.03. The van der Waals surface area contributed by atoms with Gasteiger partial charge in [-0.05, 0) is 44.2 Å². The number of amides is 1. The van der Waals surface area contributed by atoms with Crippen molar-refractivity contribution in [2.75, 3.05) is 4.90 Å². The SMILES string of the molecule is CCCC(=O)N1c2nc(-c3cccnc3)nn2C2(CCCCC2)C2CCCCC21. The Bertz CT molecular complexity index is 871. The zero-order valence-corrected chi connectivity index (χ0v) is 17.4. The molecule has 6 heteroatoms. The Morgan fingerprint density at radius 1 is 1.17 bits per heavy atom. The maximum absolute atomic E-state index is 13.3. The van der Waals surface area contributed by atoms with Crippen molar-refractivity contribution in [1.29, 1.82) is 0 Å². The van der Waals surface area contributed by atoms with Crippen LogP contribution >= 0.6 is 0 Å². The highest BCUT2D eigenvalue weighted by Gasteiger charge is 2.54. The number of fused-ring (bicyclic) bond motifs is 4. The first-order valence-electron chi connectivity index (χ1n) is 11.4. The van der Waals surface area contributed by atoms with E-state index in [1.54, 1.807) is 6.20 Å². The summed E-state index contributed by atoms with van der Waals surface area (Å²) in [4.78, 5) is 24.5. The Morgan fingerprint density at radius 3 is 2.76 bits per heavy atom. The van der Waals surface area contributed by atoms with Crippen molar-refractivity contribution in [3.8, 4) is 11.4 Å². The number of nitrogens with zero attached hydrogens (tertiary/aromatic N) is 5. The Balaban J connectivity index is 1.68. The van der Waals surface area contributed by atoms with Gasteiger partial charge in [-0.1, -0.05) is 39.0 Å². The van der Waals surface area contributed by atoms with Crippen molar-refractivity contribution in [2.45, 2.75) is 89.1 Å². The molecule has 1 spiro atoms. The maximum atomic E-state index is 13.3. The zero-order valence-electron chi connectivity index (χ0n) is 17.4. The third kappa shape index (κ3) is 2.99. The van der Waals surface area contributed by atoms with Crippen LogP contribution in [0.1, 0.15) is 77.6 Å². The van der Waals surface area contributed by atoms with Crippen LogP contribution in [-0.4, -0.2) is 31.7 Å². The third-order valence-corrected chi connectivity index (χ3v) is 7.35. The quantitative estimate of drug-likeness (QED) is 0.758. The molecule has 2 saturated carbocycles. The number of hydrogen-bond donors (Lipinski definition) is 0. The van der Waals surface area contributed by atoms with E-state index in [-0.39, 0.29) is 17.5 Å². The van der Waals surface area contributed by atoms with E-state index in [2.05, 4.69) is 16.6 Å². The van der Waals surface area contributed by atoms with Gasteiger partial charge in [-0.2, -0.15) is 4.98 Å². The van der Waals surface area contributed by atoms with Crippen LogP contribution in [0.15, 0.2) is 24.5 Å². The average Bonchev–Trinajstić information content (AvgIpc) is 3.22. The van der Waals surface area contributed by atoms with E-state index < -0.39 is 0 Å². The van der Waals surface area contributed by atoms with Crippen molar-refractivity contribution in [3.05, 3.63) is 24.5 Å². The Hall–Kier alpha value is -2.24. The fourth-order valence-electron chi connectivity index (χ4n) is 6.11. The lowest BCUT2D eigenvalue weighted by atomic mass is 9.64. The number of carbonyl (C=O) groups is 1. The molecule has 0 saturated heterocycles. The number of carbonyl (C=O) groups excluding carboxylic acids is 1. The fourth-order valence-corrected chi connectivity index (χ4v) is 6.11. The van der Waals surface area contributed by atoms with Crippen molar-refractivity contribution in [2.24, 2.45) is 5.92 Å². The number of aromatic nitrogens is 4. The highest BCUT2D eigenvalue weighted by Crippen LogP contribution is 2.53. The Kier molecular flexibility index (Phi) is 4.88. The number of anilines is 1. The Labute approximate surface area is 172 Å². The Morgan fingerprint density at radius 2 is 2.00 bits per heavy atom. The first-order valence-corrected chi connectivity index (χ1v) is 11.4. The van der Waals surface area contributed by atoms with Crippen LogP contribution in [-0.2, 0) is 10.3 Å². The summed E-state index contributed by atoms with van der Waals surface area (Å²) in [6, 6.07) is 4.21. The zero-order chi connectivity index (χ0) is 19.8. The highest BCUT2D eigenvalue weighted by atomic mass is 16.2. The molecule has 5 rings (SSSR count). The summed E-state index contributed by atoms with van der Waals surface area (Å²) in [6.45, 7) is 2.08. The number of hydrogen-bond acceptors (Lipinski definition) is 4. The van der Waals surface area contributed by atoms with Crippen molar-refractivity contribution in [3.63, 3.8) is 0 Å². The smallest absolute Gasteiger partial charge is 0.231 e. The molecule has 2 unspecified atom stereocenters. The van der Waals surface area contributed by atoms with Gasteiger partial charge >= 0.3 is 0 Å². The molecule has 2 aromatic heterocycles. The van der Waals surface area contributed by atoms with Gasteiger partial charge in [0.05, 0.1) is 5.54 Å². The first-order chi connectivity index (χ1) is 14.2. The number of rotatable bonds is 3. The monoisotopic (exact) mass is 393 g/mol. The van der Waals surface area contributed by atoms with Crippen LogP contribution in [0.4, 0.5) is 5.95 Å². The minimum absolute atomic E-state index is 0.0229. The van der Waals surface area contributed by atoms with E-state index in [1.165, 1.54) is 38.5 Å². The molecular weight excluding hydrogens is 362 g/mol. The van der Waals surface area contributed by atoms with Crippen molar-refractivity contribution in [1.82, 2.24) is 19.7 Å². The van der Waals surface area contributed by atoms with E-state index >= 15 is 0 Å². The standard InChI is InChI=1S/C23H31N5O/c1-2-9-20(29)27-19-12-5-4-11-18(19)23(13-6-3-7-14-23)28-22(27)25-21(26-28)17-10-8-15-24-16-17/h8,10,15-16,18-19H,2-7,9,11-14H2,1H3. The van der Waals surface area contributed by atoms with E-state index in [9.17, 15) is 4.79 Å². The van der Waals surface area contributed by atoms with E-state index in [0.717, 1.165) is 37.2 Å². The van der Waals surface area contributed by atoms with Gasteiger partial charge < -0.3 is 0 Å². The average molecular weight is 394 g/mol. The van der Waals surface area contributed by atoms with E-state index in [4.69, 9.17) is 10.1 Å². The van der Waals surface area contributed by atoms with E-state index in [0.29, 0.717) is 18.2 Å². The highest BCUT2D eigenvalue weighted by molar-refractivity contribution is 5.93. The predicted molar refractivity (Wildman–Crippen MR) is 112 cm³/mol. The molecule has 2 aromatic rings. The molecule has 0 radical (unpaired) electrons. The molecular formula is C23H31N5O. The summed E-state index contributed by atoms with van der Waals surface area (Å²) >= 11 is 0. The largest absolute Gasteiger partial charge is 0.277 e. The second kappa shape index (κ2) is 7.54. The molecule has 2 atom stereocenters. The van der Waals surface area contributed by atoms with Gasteiger partial charge in [0.2, 0.25) is 11.9 Å². The molecule has 3 aliphatic rings. The normalized spacial score (nSPS) is 25.5. The molecule has 1 amide bonds.